The SMILES string of the molecule is CCOc1ccccc1NC(=O)N1CCC2(CC1)SCCN2C(=O)c1cccc(OC)c1. The van der Waals surface area contributed by atoms with Crippen LogP contribution in [-0.4, -0.2) is 65.7 Å². The van der Waals surface area contributed by atoms with Crippen LogP contribution in [0.2, 0.25) is 0 Å². The number of urea groups is 1. The molecule has 8 heteroatoms. The van der Waals surface area contributed by atoms with Crippen molar-refractivity contribution in [2.24, 2.45) is 0 Å². The number of hydrogen-bond donors (Lipinski definition) is 1. The largest absolute Gasteiger partial charge is 0.497 e. The van der Waals surface area contributed by atoms with Gasteiger partial charge in [0, 0.05) is 31.0 Å². The summed E-state index contributed by atoms with van der Waals surface area (Å²) in [4.78, 5) is 29.7. The second-order valence-electron chi connectivity index (χ2n) is 7.83. The molecule has 0 bridgehead atoms. The van der Waals surface area contributed by atoms with E-state index in [0.29, 0.717) is 49.0 Å². The molecular formula is C24H29N3O4S. The molecule has 1 N–H and O–H groups in total. The Balaban J connectivity index is 1.41. The van der Waals surface area contributed by atoms with Gasteiger partial charge in [0.25, 0.3) is 5.91 Å². The molecule has 2 aromatic rings. The van der Waals surface area contributed by atoms with E-state index in [1.54, 1.807) is 13.2 Å². The van der Waals surface area contributed by atoms with E-state index >= 15 is 0 Å². The molecule has 2 saturated heterocycles. The van der Waals surface area contributed by atoms with Gasteiger partial charge in [-0.3, -0.25) is 4.79 Å². The zero-order chi connectivity index (χ0) is 22.6. The lowest BCUT2D eigenvalue weighted by atomic mass is 10.0. The number of benzene rings is 2. The summed E-state index contributed by atoms with van der Waals surface area (Å²) >= 11 is 1.83. The van der Waals surface area contributed by atoms with Gasteiger partial charge in [0.1, 0.15) is 11.5 Å². The number of methoxy groups -OCH3 is 1. The van der Waals surface area contributed by atoms with Gasteiger partial charge in [-0.25, -0.2) is 4.79 Å². The smallest absolute Gasteiger partial charge is 0.321 e. The average molecular weight is 456 g/mol. The van der Waals surface area contributed by atoms with Crippen molar-refractivity contribution in [1.82, 2.24) is 9.80 Å². The molecule has 2 aliphatic heterocycles. The van der Waals surface area contributed by atoms with E-state index in [1.165, 1.54) is 0 Å². The van der Waals surface area contributed by atoms with Gasteiger partial charge >= 0.3 is 6.03 Å². The summed E-state index contributed by atoms with van der Waals surface area (Å²) in [5, 5.41) is 2.98. The second-order valence-corrected chi connectivity index (χ2v) is 9.29. The van der Waals surface area contributed by atoms with Crippen molar-refractivity contribution in [2.75, 3.05) is 44.4 Å². The molecule has 32 heavy (non-hydrogen) atoms. The summed E-state index contributed by atoms with van der Waals surface area (Å²) in [5.74, 6) is 2.27. The van der Waals surface area contributed by atoms with E-state index in [1.807, 2.05) is 71.0 Å². The molecule has 1 spiro atoms. The van der Waals surface area contributed by atoms with Crippen LogP contribution in [0.3, 0.4) is 0 Å². The minimum Gasteiger partial charge on any atom is -0.497 e. The van der Waals surface area contributed by atoms with Gasteiger partial charge in [-0.1, -0.05) is 18.2 Å². The molecule has 0 radical (unpaired) electrons. The zero-order valence-corrected chi connectivity index (χ0v) is 19.3. The van der Waals surface area contributed by atoms with Gasteiger partial charge in [0.05, 0.1) is 24.3 Å². The standard InChI is InChI=1S/C24H29N3O4S/c1-3-31-21-10-5-4-9-20(21)25-23(29)26-13-11-24(12-14-26)27(15-16-32-24)22(28)18-7-6-8-19(17-18)30-2/h4-10,17H,3,11-16H2,1-2H3,(H,25,29). The quantitative estimate of drug-likeness (QED) is 0.728. The number of rotatable bonds is 5. The van der Waals surface area contributed by atoms with Crippen molar-refractivity contribution in [1.29, 1.82) is 0 Å². The average Bonchev–Trinajstić information content (AvgIpc) is 3.23. The van der Waals surface area contributed by atoms with Crippen LogP contribution in [-0.2, 0) is 0 Å². The van der Waals surface area contributed by atoms with E-state index in [9.17, 15) is 9.59 Å². The van der Waals surface area contributed by atoms with E-state index in [0.717, 1.165) is 18.6 Å². The first kappa shape index (κ1) is 22.3. The highest BCUT2D eigenvalue weighted by Gasteiger charge is 2.47. The fourth-order valence-corrected chi connectivity index (χ4v) is 5.78. The summed E-state index contributed by atoms with van der Waals surface area (Å²) in [7, 11) is 1.60. The summed E-state index contributed by atoms with van der Waals surface area (Å²) in [6, 6.07) is 14.6. The Bertz CT molecular complexity index is 975. The monoisotopic (exact) mass is 455 g/mol. The first-order valence-corrected chi connectivity index (χ1v) is 11.9. The molecule has 0 aromatic heterocycles. The molecule has 7 nitrogen and oxygen atoms in total. The van der Waals surface area contributed by atoms with Crippen LogP contribution in [0.1, 0.15) is 30.1 Å². The molecule has 0 atom stereocenters. The van der Waals surface area contributed by atoms with Crippen LogP contribution in [0.15, 0.2) is 48.5 Å². The maximum Gasteiger partial charge on any atom is 0.321 e. The zero-order valence-electron chi connectivity index (χ0n) is 18.5. The van der Waals surface area contributed by atoms with Crippen molar-refractivity contribution >= 4 is 29.4 Å². The van der Waals surface area contributed by atoms with Crippen LogP contribution in [0.25, 0.3) is 0 Å². The second kappa shape index (κ2) is 9.73. The number of hydrogen-bond acceptors (Lipinski definition) is 5. The topological polar surface area (TPSA) is 71.1 Å². The minimum absolute atomic E-state index is 0.0254. The van der Waals surface area contributed by atoms with Crippen molar-refractivity contribution < 1.29 is 19.1 Å². The van der Waals surface area contributed by atoms with Gasteiger partial charge in [-0.05, 0) is 50.1 Å². The number of likely N-dealkylation sites (tertiary alicyclic amines) is 1. The predicted octanol–water partition coefficient (Wildman–Crippen LogP) is 4.31. The van der Waals surface area contributed by atoms with Crippen LogP contribution in [0.4, 0.5) is 10.5 Å². The van der Waals surface area contributed by atoms with E-state index in [4.69, 9.17) is 9.47 Å². The van der Waals surface area contributed by atoms with E-state index < -0.39 is 0 Å². The molecule has 0 unspecified atom stereocenters. The minimum atomic E-state index is -0.264. The number of ether oxygens (including phenoxy) is 2. The lowest BCUT2D eigenvalue weighted by Crippen LogP contribution is -2.54. The molecular weight excluding hydrogens is 426 g/mol. The van der Waals surface area contributed by atoms with Gasteiger partial charge in [-0.2, -0.15) is 0 Å². The number of carbonyl (C=O) groups excluding carboxylic acids is 2. The molecule has 2 fully saturated rings. The number of carbonyl (C=O) groups is 2. The molecule has 2 aliphatic rings. The number of anilines is 1. The first-order valence-electron chi connectivity index (χ1n) is 10.9. The van der Waals surface area contributed by atoms with Crippen LogP contribution >= 0.6 is 11.8 Å². The fraction of sp³-hybridized carbons (Fsp3) is 0.417. The van der Waals surface area contributed by atoms with Gasteiger partial charge in [0.2, 0.25) is 0 Å². The maximum absolute atomic E-state index is 13.3. The van der Waals surface area contributed by atoms with Crippen LogP contribution in [0, 0.1) is 0 Å². The molecule has 2 aromatic carbocycles. The normalized spacial score (nSPS) is 17.3. The summed E-state index contributed by atoms with van der Waals surface area (Å²) in [5.41, 5.74) is 1.31. The Kier molecular flexibility index (Phi) is 6.79. The van der Waals surface area contributed by atoms with E-state index in [-0.39, 0.29) is 16.8 Å². The number of piperidine rings is 1. The number of nitrogens with zero attached hydrogens (tertiary/aromatic N) is 2. The lowest BCUT2D eigenvalue weighted by molar-refractivity contribution is 0.0585. The Labute approximate surface area is 193 Å². The van der Waals surface area contributed by atoms with Crippen molar-refractivity contribution in [2.45, 2.75) is 24.6 Å². The number of para-hydroxylation sites is 2. The molecule has 3 amide bonds. The fourth-order valence-electron chi connectivity index (χ4n) is 4.33. The Hall–Kier alpha value is -2.87. The van der Waals surface area contributed by atoms with Crippen molar-refractivity contribution in [3.63, 3.8) is 0 Å². The Morgan fingerprint density at radius 2 is 1.88 bits per heavy atom. The Morgan fingerprint density at radius 1 is 1.09 bits per heavy atom. The summed E-state index contributed by atoms with van der Waals surface area (Å²) in [6.07, 6.45) is 1.49. The number of amides is 3. The Morgan fingerprint density at radius 3 is 2.62 bits per heavy atom. The third-order valence-electron chi connectivity index (χ3n) is 6.00. The molecule has 0 saturated carbocycles. The molecule has 170 valence electrons. The van der Waals surface area contributed by atoms with E-state index in [2.05, 4.69) is 5.32 Å². The number of nitrogens with one attached hydrogen (secondary N) is 1. The molecule has 4 rings (SSSR count). The maximum atomic E-state index is 13.3. The third kappa shape index (κ3) is 4.50. The summed E-state index contributed by atoms with van der Waals surface area (Å²) in [6.45, 7) is 4.36. The third-order valence-corrected chi connectivity index (χ3v) is 7.55. The number of thioether (sulfide) groups is 1. The highest BCUT2D eigenvalue weighted by molar-refractivity contribution is 8.00. The molecule has 2 heterocycles. The van der Waals surface area contributed by atoms with Crippen molar-refractivity contribution in [3.05, 3.63) is 54.1 Å². The van der Waals surface area contributed by atoms with Gasteiger partial charge < -0.3 is 24.6 Å². The lowest BCUT2D eigenvalue weighted by Gasteiger charge is -2.44. The van der Waals surface area contributed by atoms with Crippen molar-refractivity contribution in [3.8, 4) is 11.5 Å². The van der Waals surface area contributed by atoms with Gasteiger partial charge in [0.15, 0.2) is 0 Å². The predicted molar refractivity (Wildman–Crippen MR) is 127 cm³/mol. The first-order chi connectivity index (χ1) is 15.6. The summed E-state index contributed by atoms with van der Waals surface area (Å²) < 4.78 is 10.9. The highest BCUT2D eigenvalue weighted by Crippen LogP contribution is 2.44. The van der Waals surface area contributed by atoms with Crippen LogP contribution in [0.5, 0.6) is 11.5 Å². The highest BCUT2D eigenvalue weighted by atomic mass is 32.2. The van der Waals surface area contributed by atoms with Crippen LogP contribution < -0.4 is 14.8 Å². The molecule has 0 aliphatic carbocycles. The van der Waals surface area contributed by atoms with Gasteiger partial charge in [-0.15, -0.1) is 11.8 Å².